The van der Waals surface area contributed by atoms with Gasteiger partial charge in [-0.3, -0.25) is 9.59 Å². The van der Waals surface area contributed by atoms with E-state index in [2.05, 4.69) is 0 Å². The number of amides is 2. The number of hydrogen-bond donors (Lipinski definition) is 0. The van der Waals surface area contributed by atoms with Crippen molar-refractivity contribution in [3.05, 3.63) is 58.9 Å². The third kappa shape index (κ3) is 2.07. The van der Waals surface area contributed by atoms with Gasteiger partial charge in [0.2, 0.25) is 0 Å². The summed E-state index contributed by atoms with van der Waals surface area (Å²) >= 11 is 0.860. The lowest BCUT2D eigenvalue weighted by molar-refractivity contribution is 0.0925. The molecule has 6 heteroatoms. The molecule has 0 aromatic heterocycles. The number of halogens is 1. The number of rotatable bonds is 2. The normalized spacial score (nSPS) is 13.2. The average Bonchev–Trinajstić information content (AvgIpc) is 2.75. The number of aryl methyl sites for hydroxylation is 1. The molecule has 1 heterocycles. The Morgan fingerprint density at radius 1 is 1.14 bits per heavy atom. The van der Waals surface area contributed by atoms with Crippen molar-refractivity contribution in [3.63, 3.8) is 0 Å². The monoisotopic (exact) mass is 312 g/mol. The van der Waals surface area contributed by atoms with E-state index in [1.807, 2.05) is 5.40 Å². The first-order valence-electron chi connectivity index (χ1n) is 6.38. The minimum atomic E-state index is -0.672. The lowest BCUT2D eigenvalue weighted by atomic mass is 10.1. The van der Waals surface area contributed by atoms with Gasteiger partial charge in [0.05, 0.1) is 16.8 Å². The highest BCUT2D eigenvalue weighted by Gasteiger charge is 2.37. The summed E-state index contributed by atoms with van der Waals surface area (Å²) in [7, 11) is 0. The maximum absolute atomic E-state index is 14.3. The zero-order valence-corrected chi connectivity index (χ0v) is 12.3. The van der Waals surface area contributed by atoms with Crippen molar-refractivity contribution in [3.8, 4) is 5.40 Å². The Kier molecular flexibility index (Phi) is 3.43. The quantitative estimate of drug-likeness (QED) is 0.484. The van der Waals surface area contributed by atoms with Crippen molar-refractivity contribution >= 4 is 29.3 Å². The van der Waals surface area contributed by atoms with Crippen molar-refractivity contribution in [2.75, 3.05) is 4.90 Å². The first-order chi connectivity index (χ1) is 10.5. The summed E-state index contributed by atoms with van der Waals surface area (Å²) in [4.78, 5) is 26.1. The highest BCUT2D eigenvalue weighted by Crippen LogP contribution is 2.34. The minimum Gasteiger partial charge on any atom is -0.268 e. The van der Waals surface area contributed by atoms with Crippen molar-refractivity contribution < 1.29 is 14.0 Å². The van der Waals surface area contributed by atoms with Gasteiger partial charge in [-0.2, -0.15) is 5.26 Å². The van der Waals surface area contributed by atoms with Gasteiger partial charge in [-0.25, -0.2) is 9.29 Å². The first kappa shape index (κ1) is 14.3. The van der Waals surface area contributed by atoms with Gasteiger partial charge in [0.15, 0.2) is 0 Å². The van der Waals surface area contributed by atoms with Crippen molar-refractivity contribution in [2.45, 2.75) is 11.8 Å². The number of fused-ring (bicyclic) bond motifs is 1. The maximum Gasteiger partial charge on any atom is 0.266 e. The van der Waals surface area contributed by atoms with Crippen molar-refractivity contribution in [1.82, 2.24) is 0 Å². The van der Waals surface area contributed by atoms with Gasteiger partial charge < -0.3 is 0 Å². The summed E-state index contributed by atoms with van der Waals surface area (Å²) in [6.07, 6.45) is 0. The highest BCUT2D eigenvalue weighted by atomic mass is 32.2. The maximum atomic E-state index is 14.3. The minimum absolute atomic E-state index is 0.130. The number of nitriles is 1. The van der Waals surface area contributed by atoms with Crippen molar-refractivity contribution in [2.24, 2.45) is 0 Å². The van der Waals surface area contributed by atoms with E-state index in [1.165, 1.54) is 24.3 Å². The Morgan fingerprint density at radius 3 is 2.27 bits per heavy atom. The molecule has 2 aromatic carbocycles. The fraction of sp³-hybridized carbons (Fsp3) is 0.0625. The van der Waals surface area contributed by atoms with Crippen LogP contribution in [0.1, 0.15) is 26.3 Å². The van der Waals surface area contributed by atoms with Crippen LogP contribution in [0.15, 0.2) is 41.3 Å². The molecule has 22 heavy (non-hydrogen) atoms. The number of thioether (sulfide) groups is 1. The Labute approximate surface area is 130 Å². The lowest BCUT2D eigenvalue weighted by Gasteiger charge is -2.16. The van der Waals surface area contributed by atoms with E-state index in [-0.39, 0.29) is 16.8 Å². The molecule has 3 rings (SSSR count). The van der Waals surface area contributed by atoms with Gasteiger partial charge in [-0.1, -0.05) is 12.1 Å². The Hall–Kier alpha value is -2.65. The van der Waals surface area contributed by atoms with Gasteiger partial charge in [0.25, 0.3) is 11.8 Å². The molecule has 108 valence electrons. The van der Waals surface area contributed by atoms with Gasteiger partial charge >= 0.3 is 0 Å². The second-order valence-electron chi connectivity index (χ2n) is 4.75. The molecule has 1 aliphatic heterocycles. The molecule has 1 aliphatic rings. The Bertz CT molecular complexity index is 823. The number of carbonyl (C=O) groups is 2. The van der Waals surface area contributed by atoms with Crippen LogP contribution in [0.25, 0.3) is 0 Å². The number of carbonyl (C=O) groups excluding carboxylic acids is 2. The van der Waals surface area contributed by atoms with E-state index in [1.54, 1.807) is 19.1 Å². The molecule has 0 unspecified atom stereocenters. The van der Waals surface area contributed by atoms with Crippen molar-refractivity contribution in [1.29, 1.82) is 5.26 Å². The van der Waals surface area contributed by atoms with E-state index in [4.69, 9.17) is 5.26 Å². The molecule has 0 N–H and O–H groups in total. The molecule has 2 amide bonds. The van der Waals surface area contributed by atoms with Crippen LogP contribution in [-0.4, -0.2) is 11.8 Å². The molecule has 0 atom stereocenters. The van der Waals surface area contributed by atoms with Crippen LogP contribution in [-0.2, 0) is 0 Å². The molecule has 4 nitrogen and oxygen atoms in total. The molecule has 0 radical (unpaired) electrons. The summed E-state index contributed by atoms with van der Waals surface area (Å²) in [5, 5.41) is 10.7. The number of benzene rings is 2. The predicted octanol–water partition coefficient (Wildman–Crippen LogP) is 3.51. The SMILES string of the molecule is Cc1cc(F)c(N2C(=O)c3ccccc3C2=O)cc1SC#N. The molecule has 0 saturated carbocycles. The van der Waals surface area contributed by atoms with E-state index >= 15 is 0 Å². The zero-order chi connectivity index (χ0) is 15.9. The van der Waals surface area contributed by atoms with Crippen LogP contribution < -0.4 is 4.90 Å². The summed E-state index contributed by atoms with van der Waals surface area (Å²) in [6.45, 7) is 1.66. The van der Waals surface area contributed by atoms with Crippen LogP contribution in [0.2, 0.25) is 0 Å². The fourth-order valence-corrected chi connectivity index (χ4v) is 2.87. The number of imide groups is 1. The largest absolute Gasteiger partial charge is 0.268 e. The molecule has 0 aliphatic carbocycles. The molecular formula is C16H9FN2O2S. The Morgan fingerprint density at radius 2 is 1.73 bits per heavy atom. The van der Waals surface area contributed by atoms with E-state index < -0.39 is 17.6 Å². The molecule has 0 bridgehead atoms. The highest BCUT2D eigenvalue weighted by molar-refractivity contribution is 8.03. The molecule has 0 spiro atoms. The third-order valence-corrected chi connectivity index (χ3v) is 4.19. The van der Waals surface area contributed by atoms with Crippen LogP contribution in [0.4, 0.5) is 10.1 Å². The van der Waals surface area contributed by atoms with Gasteiger partial charge in [0.1, 0.15) is 11.2 Å². The Balaban J connectivity index is 2.14. The zero-order valence-electron chi connectivity index (χ0n) is 11.5. The molecule has 0 fully saturated rings. The van der Waals surface area contributed by atoms with E-state index in [0.29, 0.717) is 10.5 Å². The molecule has 2 aromatic rings. The van der Waals surface area contributed by atoms with Gasteiger partial charge in [0, 0.05) is 4.90 Å². The number of anilines is 1. The van der Waals surface area contributed by atoms with Gasteiger partial charge in [-0.05, 0) is 48.5 Å². The fourth-order valence-electron chi connectivity index (χ4n) is 2.38. The van der Waals surface area contributed by atoms with Crippen LogP contribution in [0, 0.1) is 23.4 Å². The number of hydrogen-bond acceptors (Lipinski definition) is 4. The topological polar surface area (TPSA) is 61.2 Å². The van der Waals surface area contributed by atoms with Crippen LogP contribution in [0.5, 0.6) is 0 Å². The molecule has 0 saturated heterocycles. The lowest BCUT2D eigenvalue weighted by Crippen LogP contribution is -2.30. The second-order valence-corrected chi connectivity index (χ2v) is 5.58. The standard InChI is InChI=1S/C16H9FN2O2S/c1-9-6-12(17)13(7-14(9)22-8-18)19-15(20)10-4-2-3-5-11(10)16(19)21/h2-7H,1H3. The summed E-state index contributed by atoms with van der Waals surface area (Å²) in [6, 6.07) is 8.95. The average molecular weight is 312 g/mol. The van der Waals surface area contributed by atoms with E-state index in [0.717, 1.165) is 16.7 Å². The predicted molar refractivity (Wildman–Crippen MR) is 80.2 cm³/mol. The van der Waals surface area contributed by atoms with Crippen LogP contribution >= 0.6 is 11.8 Å². The number of thiocyanates is 1. The first-order valence-corrected chi connectivity index (χ1v) is 7.20. The summed E-state index contributed by atoms with van der Waals surface area (Å²) in [5.74, 6) is -1.79. The second kappa shape index (κ2) is 5.28. The number of nitrogens with zero attached hydrogens (tertiary/aromatic N) is 2. The summed E-state index contributed by atoms with van der Waals surface area (Å²) in [5.41, 5.74) is 0.947. The molecular weight excluding hydrogens is 303 g/mol. The van der Waals surface area contributed by atoms with E-state index in [9.17, 15) is 14.0 Å². The summed E-state index contributed by atoms with van der Waals surface area (Å²) < 4.78 is 14.3. The third-order valence-electron chi connectivity index (χ3n) is 3.43. The smallest absolute Gasteiger partial charge is 0.266 e. The van der Waals surface area contributed by atoms with Crippen LogP contribution in [0.3, 0.4) is 0 Å². The van der Waals surface area contributed by atoms with Gasteiger partial charge in [-0.15, -0.1) is 0 Å².